The Balaban J connectivity index is 1.81. The number of hydrogen-bond donors (Lipinski definition) is 1. The summed E-state index contributed by atoms with van der Waals surface area (Å²) in [5.74, 6) is -0.505. The number of amides is 1. The summed E-state index contributed by atoms with van der Waals surface area (Å²) < 4.78 is 10.8. The Morgan fingerprint density at radius 2 is 1.93 bits per heavy atom. The number of carboxylic acid groups (broad SMARTS) is 1. The largest absolute Gasteiger partial charge is 0.490 e. The first-order chi connectivity index (χ1) is 13.0. The second kappa shape index (κ2) is 8.12. The van der Waals surface area contributed by atoms with Crippen molar-refractivity contribution in [1.29, 1.82) is 0 Å². The lowest BCUT2D eigenvalue weighted by Gasteiger charge is -2.26. The Kier molecular flexibility index (Phi) is 5.64. The zero-order valence-corrected chi connectivity index (χ0v) is 15.5. The molecular formula is C21H23NO5. The van der Waals surface area contributed by atoms with Gasteiger partial charge in [0.25, 0.3) is 5.91 Å². The first kappa shape index (κ1) is 18.8. The summed E-state index contributed by atoms with van der Waals surface area (Å²) in [5.41, 5.74) is 2.96. The molecule has 0 radical (unpaired) electrons. The van der Waals surface area contributed by atoms with Crippen molar-refractivity contribution in [2.45, 2.75) is 25.8 Å². The second-order valence-electron chi connectivity index (χ2n) is 6.45. The number of rotatable bonds is 7. The lowest BCUT2D eigenvalue weighted by molar-refractivity contribution is -0.139. The Morgan fingerprint density at radius 3 is 2.67 bits per heavy atom. The molecule has 1 atom stereocenters. The topological polar surface area (TPSA) is 76.1 Å². The third-order valence-corrected chi connectivity index (χ3v) is 4.73. The fraction of sp³-hybridized carbons (Fsp3) is 0.333. The number of benzene rings is 2. The van der Waals surface area contributed by atoms with Gasteiger partial charge in [0, 0.05) is 12.6 Å². The summed E-state index contributed by atoms with van der Waals surface area (Å²) in [6.45, 7) is 1.73. The van der Waals surface area contributed by atoms with E-state index in [-0.39, 0.29) is 11.9 Å². The highest BCUT2D eigenvalue weighted by Gasteiger charge is 2.29. The van der Waals surface area contributed by atoms with Crippen LogP contribution in [0.3, 0.4) is 0 Å². The smallest absolute Gasteiger partial charge is 0.341 e. The van der Waals surface area contributed by atoms with Crippen LogP contribution in [0.15, 0.2) is 42.5 Å². The number of aliphatic carboxylic acids is 1. The highest BCUT2D eigenvalue weighted by atomic mass is 16.5. The summed E-state index contributed by atoms with van der Waals surface area (Å²) in [5, 5.41) is 8.79. The van der Waals surface area contributed by atoms with Gasteiger partial charge in [-0.25, -0.2) is 4.79 Å². The van der Waals surface area contributed by atoms with Crippen molar-refractivity contribution in [3.05, 3.63) is 59.2 Å². The van der Waals surface area contributed by atoms with Crippen LogP contribution in [-0.4, -0.2) is 42.1 Å². The molecule has 1 aliphatic rings. The molecule has 0 heterocycles. The van der Waals surface area contributed by atoms with Crippen molar-refractivity contribution >= 4 is 11.9 Å². The minimum absolute atomic E-state index is 0.0483. The molecule has 0 fully saturated rings. The fourth-order valence-electron chi connectivity index (χ4n) is 3.45. The lowest BCUT2D eigenvalue weighted by atomic mass is 10.1. The molecular weight excluding hydrogens is 346 g/mol. The number of aryl methyl sites for hydroxylation is 1. The number of carboxylic acids is 1. The van der Waals surface area contributed by atoms with Crippen molar-refractivity contribution < 1.29 is 24.2 Å². The predicted molar refractivity (Wildman–Crippen MR) is 100 cm³/mol. The molecule has 6 heteroatoms. The Hall–Kier alpha value is -3.02. The van der Waals surface area contributed by atoms with Gasteiger partial charge < -0.3 is 19.5 Å². The molecule has 0 aromatic heterocycles. The van der Waals surface area contributed by atoms with Crippen molar-refractivity contribution in [3.8, 4) is 11.5 Å². The van der Waals surface area contributed by atoms with Gasteiger partial charge in [-0.05, 0) is 49.1 Å². The minimum atomic E-state index is -1.07. The average molecular weight is 369 g/mol. The molecule has 1 aliphatic carbocycles. The van der Waals surface area contributed by atoms with Crippen LogP contribution in [0.25, 0.3) is 0 Å². The van der Waals surface area contributed by atoms with Crippen LogP contribution < -0.4 is 9.47 Å². The van der Waals surface area contributed by atoms with Gasteiger partial charge in [-0.1, -0.05) is 24.3 Å². The van der Waals surface area contributed by atoms with Gasteiger partial charge >= 0.3 is 5.97 Å². The Labute approximate surface area is 158 Å². The van der Waals surface area contributed by atoms with E-state index in [1.807, 2.05) is 26.1 Å². The van der Waals surface area contributed by atoms with E-state index >= 15 is 0 Å². The van der Waals surface area contributed by atoms with E-state index in [4.69, 9.17) is 14.6 Å². The number of fused-ring (bicyclic) bond motifs is 1. The monoisotopic (exact) mass is 369 g/mol. The maximum atomic E-state index is 13.0. The molecule has 142 valence electrons. The Bertz CT molecular complexity index is 848. The molecule has 0 saturated carbocycles. The number of hydrogen-bond acceptors (Lipinski definition) is 4. The summed E-state index contributed by atoms with van der Waals surface area (Å²) in [6, 6.07) is 13.1. The van der Waals surface area contributed by atoms with E-state index in [1.165, 1.54) is 11.1 Å². The highest BCUT2D eigenvalue weighted by Crippen LogP contribution is 2.36. The van der Waals surface area contributed by atoms with Crippen LogP contribution in [0.1, 0.15) is 40.9 Å². The number of carbonyl (C=O) groups is 2. The van der Waals surface area contributed by atoms with Crippen LogP contribution in [0.5, 0.6) is 11.5 Å². The van der Waals surface area contributed by atoms with Gasteiger partial charge in [0.05, 0.1) is 12.6 Å². The SMILES string of the molecule is CCOc1cc(C(=O)N(C)[C@@H]2CCc3ccccc32)ccc1OCC(=O)O. The first-order valence-corrected chi connectivity index (χ1v) is 8.97. The maximum Gasteiger partial charge on any atom is 0.341 e. The molecule has 27 heavy (non-hydrogen) atoms. The van der Waals surface area contributed by atoms with Crippen molar-refractivity contribution in [2.75, 3.05) is 20.3 Å². The number of carbonyl (C=O) groups excluding carboxylic acids is 1. The molecule has 6 nitrogen and oxygen atoms in total. The van der Waals surface area contributed by atoms with Gasteiger partial charge in [0.15, 0.2) is 18.1 Å². The second-order valence-corrected chi connectivity index (χ2v) is 6.45. The van der Waals surface area contributed by atoms with Crippen LogP contribution in [0, 0.1) is 0 Å². The third-order valence-electron chi connectivity index (χ3n) is 4.73. The molecule has 1 amide bonds. The quantitative estimate of drug-likeness (QED) is 0.810. The van der Waals surface area contributed by atoms with Crippen LogP contribution in [0.2, 0.25) is 0 Å². The Morgan fingerprint density at radius 1 is 1.15 bits per heavy atom. The molecule has 0 spiro atoms. The summed E-state index contributed by atoms with van der Waals surface area (Å²) >= 11 is 0. The van der Waals surface area contributed by atoms with Crippen LogP contribution >= 0.6 is 0 Å². The molecule has 0 aliphatic heterocycles. The molecule has 0 bridgehead atoms. The van der Waals surface area contributed by atoms with Gasteiger partial charge in [-0.2, -0.15) is 0 Å². The van der Waals surface area contributed by atoms with E-state index in [0.717, 1.165) is 12.8 Å². The lowest BCUT2D eigenvalue weighted by Crippen LogP contribution is -2.30. The van der Waals surface area contributed by atoms with E-state index in [2.05, 4.69) is 12.1 Å². The van der Waals surface area contributed by atoms with Gasteiger partial charge in [-0.3, -0.25) is 4.79 Å². The first-order valence-electron chi connectivity index (χ1n) is 8.97. The molecule has 0 unspecified atom stereocenters. The third kappa shape index (κ3) is 4.05. The number of nitrogens with zero attached hydrogens (tertiary/aromatic N) is 1. The highest BCUT2D eigenvalue weighted by molar-refractivity contribution is 5.95. The molecule has 1 N–H and O–H groups in total. The van der Waals surface area contributed by atoms with Crippen molar-refractivity contribution in [3.63, 3.8) is 0 Å². The van der Waals surface area contributed by atoms with Gasteiger partial charge in [0.2, 0.25) is 0 Å². The maximum absolute atomic E-state index is 13.0. The van der Waals surface area contributed by atoms with E-state index in [9.17, 15) is 9.59 Å². The number of ether oxygens (including phenoxy) is 2. The van der Waals surface area contributed by atoms with E-state index < -0.39 is 12.6 Å². The van der Waals surface area contributed by atoms with Crippen molar-refractivity contribution in [2.24, 2.45) is 0 Å². The minimum Gasteiger partial charge on any atom is -0.490 e. The summed E-state index contributed by atoms with van der Waals surface area (Å²) in [7, 11) is 1.81. The molecule has 2 aromatic carbocycles. The summed E-state index contributed by atoms with van der Waals surface area (Å²) in [6.07, 6.45) is 1.87. The van der Waals surface area contributed by atoms with E-state index in [1.54, 1.807) is 23.1 Å². The van der Waals surface area contributed by atoms with Gasteiger partial charge in [0.1, 0.15) is 0 Å². The molecule has 0 saturated heterocycles. The zero-order chi connectivity index (χ0) is 19.4. The normalized spacial score (nSPS) is 15.1. The van der Waals surface area contributed by atoms with E-state index in [0.29, 0.717) is 23.7 Å². The summed E-state index contributed by atoms with van der Waals surface area (Å²) in [4.78, 5) is 25.5. The standard InChI is InChI=1S/C21H23NO5/c1-3-26-19-12-15(9-11-18(19)27-13-20(23)24)21(25)22(2)17-10-8-14-6-4-5-7-16(14)17/h4-7,9,11-12,17H,3,8,10,13H2,1-2H3,(H,23,24)/t17-/m1/s1. The molecule has 3 rings (SSSR count). The van der Waals surface area contributed by atoms with Crippen molar-refractivity contribution in [1.82, 2.24) is 4.90 Å². The zero-order valence-electron chi connectivity index (χ0n) is 15.5. The van der Waals surface area contributed by atoms with Gasteiger partial charge in [-0.15, -0.1) is 0 Å². The van der Waals surface area contributed by atoms with Crippen LogP contribution in [-0.2, 0) is 11.2 Å². The fourth-order valence-corrected chi connectivity index (χ4v) is 3.45. The average Bonchev–Trinajstić information content (AvgIpc) is 3.10. The molecule has 2 aromatic rings. The predicted octanol–water partition coefficient (Wildman–Crippen LogP) is 3.31. The van der Waals surface area contributed by atoms with Crippen LogP contribution in [0.4, 0.5) is 0 Å².